The highest BCUT2D eigenvalue weighted by molar-refractivity contribution is 6.31. The Morgan fingerprint density at radius 2 is 1.13 bits per heavy atom. The number of hydrogen-bond donors (Lipinski definition) is 2. The molecule has 0 aromatic carbocycles. The molecular weight excluding hydrogens is 894 g/mol. The Bertz CT molecular complexity index is 3390. The van der Waals surface area contributed by atoms with Gasteiger partial charge in [0.2, 0.25) is 0 Å². The van der Waals surface area contributed by atoms with Crippen LogP contribution in [0.1, 0.15) is 89.2 Å². The predicted molar refractivity (Wildman–Crippen MR) is 249 cm³/mol. The minimum absolute atomic E-state index is 0.0865. The van der Waals surface area contributed by atoms with Crippen LogP contribution in [0.5, 0.6) is 0 Å². The lowest BCUT2D eigenvalue weighted by Crippen LogP contribution is -2.05. The Morgan fingerprint density at radius 1 is 0.627 bits per heavy atom. The summed E-state index contributed by atoms with van der Waals surface area (Å²) in [4.78, 5) is 40.7. The van der Waals surface area contributed by atoms with Crippen LogP contribution in [0.2, 0.25) is 10.0 Å². The lowest BCUT2D eigenvalue weighted by Gasteiger charge is -2.00. The maximum Gasteiger partial charge on any atom is 0.309 e. The van der Waals surface area contributed by atoms with Crippen LogP contribution < -0.4 is 5.73 Å². The zero-order valence-corrected chi connectivity index (χ0v) is 37.7. The van der Waals surface area contributed by atoms with Crippen LogP contribution in [-0.2, 0) is 48.5 Å². The molecule has 2 fully saturated rings. The molecule has 10 aromatic heterocycles. The number of aromatic nitrogens is 14. The van der Waals surface area contributed by atoms with E-state index in [-0.39, 0.29) is 18.6 Å². The SMILES string of the molecule is NCc1cn(Cc2cn3cc(C4CC4)ccc3n2)nn1.O=C(CCc1cn(Cc2cn3cc(C4CC4)ccc3n2)nn1)Cc1ncn2ccc(Cl)cc12.O=C(O)Cc1ncn2ccc(Cl)cc12. The van der Waals surface area contributed by atoms with E-state index in [1.165, 1.54) is 36.8 Å². The van der Waals surface area contributed by atoms with Gasteiger partial charge in [-0.15, -0.1) is 10.2 Å². The van der Waals surface area contributed by atoms with Crippen LogP contribution in [0.15, 0.2) is 111 Å². The number of halogens is 2. The van der Waals surface area contributed by atoms with Crippen molar-refractivity contribution >= 4 is 57.3 Å². The Hall–Kier alpha value is -7.28. The third-order valence-electron chi connectivity index (χ3n) is 11.7. The fourth-order valence-electron chi connectivity index (χ4n) is 7.95. The Kier molecular flexibility index (Phi) is 12.3. The van der Waals surface area contributed by atoms with E-state index >= 15 is 0 Å². The monoisotopic (exact) mass is 937 g/mol. The van der Waals surface area contributed by atoms with Gasteiger partial charge in [0, 0.05) is 72.8 Å². The van der Waals surface area contributed by atoms with Gasteiger partial charge in [-0.3, -0.25) is 9.59 Å². The average molecular weight is 939 g/mol. The summed E-state index contributed by atoms with van der Waals surface area (Å²) in [5, 5.41) is 26.3. The summed E-state index contributed by atoms with van der Waals surface area (Å²) in [6, 6.07) is 15.6. The second-order valence-electron chi connectivity index (χ2n) is 16.9. The Morgan fingerprint density at radius 3 is 1.63 bits per heavy atom. The van der Waals surface area contributed by atoms with E-state index in [0.29, 0.717) is 54.1 Å². The molecular formula is C47H45Cl2N15O3. The van der Waals surface area contributed by atoms with Gasteiger partial charge >= 0.3 is 5.97 Å². The minimum Gasteiger partial charge on any atom is -0.481 e. The molecule has 340 valence electrons. The van der Waals surface area contributed by atoms with Gasteiger partial charge in [-0.25, -0.2) is 29.3 Å². The highest BCUT2D eigenvalue weighted by Crippen LogP contribution is 2.40. The van der Waals surface area contributed by atoms with E-state index in [1.807, 2.05) is 35.3 Å². The lowest BCUT2D eigenvalue weighted by atomic mass is 10.1. The molecule has 12 rings (SSSR count). The fraction of sp³-hybridized carbons (Fsp3) is 0.277. The summed E-state index contributed by atoms with van der Waals surface area (Å²) in [5.41, 5.74) is 16.6. The molecule has 2 aliphatic rings. The third kappa shape index (κ3) is 10.6. The number of imidazole rings is 4. The smallest absolute Gasteiger partial charge is 0.309 e. The molecule has 0 saturated heterocycles. The molecule has 0 radical (unpaired) electrons. The number of carboxylic acid groups (broad SMARTS) is 1. The van der Waals surface area contributed by atoms with Crippen molar-refractivity contribution in [3.63, 3.8) is 0 Å². The van der Waals surface area contributed by atoms with Gasteiger partial charge in [0.15, 0.2) is 0 Å². The average Bonchev–Trinajstić information content (AvgIpc) is 3.97. The van der Waals surface area contributed by atoms with E-state index in [9.17, 15) is 9.59 Å². The van der Waals surface area contributed by atoms with Crippen LogP contribution in [0, 0.1) is 0 Å². The molecule has 0 aliphatic heterocycles. The summed E-state index contributed by atoms with van der Waals surface area (Å²) in [7, 11) is 0. The molecule has 18 nitrogen and oxygen atoms in total. The highest BCUT2D eigenvalue weighted by Gasteiger charge is 2.25. The molecule has 0 amide bonds. The van der Waals surface area contributed by atoms with Crippen LogP contribution in [-0.4, -0.2) is 84.4 Å². The second-order valence-corrected chi connectivity index (χ2v) is 17.8. The molecule has 20 heteroatoms. The number of nitrogens with two attached hydrogens (primary N) is 1. The first kappa shape index (κ1) is 43.6. The van der Waals surface area contributed by atoms with Crippen molar-refractivity contribution in [2.45, 2.75) is 82.8 Å². The molecule has 2 aliphatic carbocycles. The van der Waals surface area contributed by atoms with E-state index in [4.69, 9.17) is 34.0 Å². The van der Waals surface area contributed by atoms with Crippen LogP contribution in [0.25, 0.3) is 22.3 Å². The normalized spacial score (nSPS) is 13.5. The maximum absolute atomic E-state index is 12.5. The molecule has 0 atom stereocenters. The zero-order chi connectivity index (χ0) is 46.0. The number of carbonyl (C=O) groups excluding carboxylic acids is 1. The summed E-state index contributed by atoms with van der Waals surface area (Å²) < 4.78 is 11.3. The van der Waals surface area contributed by atoms with Crippen molar-refractivity contribution in [1.29, 1.82) is 0 Å². The van der Waals surface area contributed by atoms with Crippen molar-refractivity contribution in [3.8, 4) is 0 Å². The number of carboxylic acids is 1. The summed E-state index contributed by atoms with van der Waals surface area (Å²) in [6.07, 6.45) is 25.4. The molecule has 10 heterocycles. The van der Waals surface area contributed by atoms with Gasteiger partial charge in [-0.2, -0.15) is 0 Å². The Balaban J connectivity index is 0.000000131. The van der Waals surface area contributed by atoms with Gasteiger partial charge in [0.25, 0.3) is 0 Å². The first-order chi connectivity index (χ1) is 32.6. The number of Topliss-reactive ketones (excluding diaryl/α,β-unsaturated/α-hetero) is 1. The van der Waals surface area contributed by atoms with Crippen LogP contribution in [0.4, 0.5) is 0 Å². The largest absolute Gasteiger partial charge is 0.481 e. The number of ketones is 1. The van der Waals surface area contributed by atoms with Crippen LogP contribution >= 0.6 is 23.2 Å². The Labute approximate surface area is 392 Å². The molecule has 2 saturated carbocycles. The number of carbonyl (C=O) groups is 2. The number of nitrogens with zero attached hydrogens (tertiary/aromatic N) is 14. The van der Waals surface area contributed by atoms with Crippen molar-refractivity contribution < 1.29 is 14.7 Å². The van der Waals surface area contributed by atoms with Crippen molar-refractivity contribution in [2.24, 2.45) is 5.73 Å². The van der Waals surface area contributed by atoms with Gasteiger partial charge in [0.1, 0.15) is 17.1 Å². The fourth-order valence-corrected chi connectivity index (χ4v) is 8.27. The highest BCUT2D eigenvalue weighted by atomic mass is 35.5. The molecule has 67 heavy (non-hydrogen) atoms. The molecule has 0 spiro atoms. The lowest BCUT2D eigenvalue weighted by molar-refractivity contribution is -0.136. The molecule has 10 aromatic rings. The first-order valence-electron chi connectivity index (χ1n) is 22.0. The molecule has 0 bridgehead atoms. The van der Waals surface area contributed by atoms with E-state index in [0.717, 1.165) is 56.7 Å². The quantitative estimate of drug-likeness (QED) is 0.115. The molecule has 0 unspecified atom stereocenters. The maximum atomic E-state index is 12.5. The number of hydrogen-bond acceptors (Lipinski definition) is 11. The predicted octanol–water partition coefficient (Wildman–Crippen LogP) is 6.82. The zero-order valence-electron chi connectivity index (χ0n) is 36.2. The summed E-state index contributed by atoms with van der Waals surface area (Å²) in [6.45, 7) is 1.58. The van der Waals surface area contributed by atoms with E-state index in [2.05, 4.69) is 92.2 Å². The number of fused-ring (bicyclic) bond motifs is 4. The van der Waals surface area contributed by atoms with Crippen molar-refractivity contribution in [1.82, 2.24) is 67.5 Å². The first-order valence-corrected chi connectivity index (χ1v) is 22.7. The van der Waals surface area contributed by atoms with Gasteiger partial charge < -0.3 is 28.4 Å². The topological polar surface area (TPSA) is 211 Å². The van der Waals surface area contributed by atoms with Crippen molar-refractivity contribution in [2.75, 3.05) is 0 Å². The number of rotatable bonds is 14. The van der Waals surface area contributed by atoms with Gasteiger partial charge in [-0.05, 0) is 85.0 Å². The standard InChI is InChI=1S/C24H22ClN7O.C14H16N6.C9H7ClN2O2/c25-18-7-8-30-15-26-22(23(30)9-18)10-21(33)5-4-19-13-32(29-28-19)14-20-12-31-11-17(16-1-2-16)3-6-24(31)27-20;15-5-12-8-20(18-17-12)9-13-7-19-6-11(10-1-2-10)3-4-14(19)16-13;10-6-1-2-12-5-11-7(4-9(13)14)8(12)3-6/h3,6-9,11-13,15-16H,1-2,4-5,10,14H2;3-4,6-8,10H,1-2,5,9,15H2;1-3,5H,4H2,(H,13,14). The summed E-state index contributed by atoms with van der Waals surface area (Å²) in [5.74, 6) is 0.682. The van der Waals surface area contributed by atoms with E-state index < -0.39 is 5.97 Å². The van der Waals surface area contributed by atoms with E-state index in [1.54, 1.807) is 50.8 Å². The minimum atomic E-state index is -0.898. The third-order valence-corrected chi connectivity index (χ3v) is 12.1. The number of aliphatic carboxylic acids is 1. The molecule has 3 N–H and O–H groups in total. The van der Waals surface area contributed by atoms with Gasteiger partial charge in [-0.1, -0.05) is 45.8 Å². The van der Waals surface area contributed by atoms with Crippen molar-refractivity contribution in [3.05, 3.63) is 166 Å². The summed E-state index contributed by atoms with van der Waals surface area (Å²) >= 11 is 11.9. The van der Waals surface area contributed by atoms with Crippen LogP contribution in [0.3, 0.4) is 0 Å². The number of pyridine rings is 4. The second kappa shape index (κ2) is 18.9. The number of aryl methyl sites for hydroxylation is 1. The van der Waals surface area contributed by atoms with Gasteiger partial charge in [0.05, 0.1) is 90.0 Å².